The van der Waals surface area contributed by atoms with E-state index in [4.69, 9.17) is 32.5 Å². The zero-order chi connectivity index (χ0) is 8.08. The van der Waals surface area contributed by atoms with Gasteiger partial charge in [-0.3, -0.25) is 8.42 Å². The van der Waals surface area contributed by atoms with Gasteiger partial charge < -0.3 is 24.1 Å². The number of carbonyl (C=O) groups is 1. The molecule has 1 N–H and O–H groups in total. The molecular weight excluding hydrogens is 280 g/mol. The Balaban J connectivity index is -0.0000000221. The molecule has 12 heavy (non-hydrogen) atoms. The molecule has 0 heterocycles. The predicted octanol–water partition coefficient (Wildman–Crippen LogP) is -5.03. The molecule has 0 spiro atoms. The second-order valence-electron chi connectivity index (χ2n) is 0.674. The Bertz CT molecular complexity index is 166. The van der Waals surface area contributed by atoms with E-state index in [1.165, 1.54) is 0 Å². The summed E-state index contributed by atoms with van der Waals surface area (Å²) in [5.41, 5.74) is 0. The summed E-state index contributed by atoms with van der Waals surface area (Å²) < 4.78 is 34.1. The Hall–Kier alpha value is 1.05. The summed E-state index contributed by atoms with van der Waals surface area (Å²) in [6, 6.07) is 0. The molecule has 0 aromatic carbocycles. The van der Waals surface area contributed by atoms with Crippen molar-refractivity contribution in [2.75, 3.05) is 0 Å². The molecule has 0 bridgehead atoms. The maximum absolute atomic E-state index is 8.52. The molecule has 11 heteroatoms. The van der Waals surface area contributed by atoms with Crippen molar-refractivity contribution in [2.24, 2.45) is 0 Å². The average Bonchev–Trinajstić information content (AvgIpc) is 1.19. The molecule has 0 radical (unpaired) electrons. The topological polar surface area (TPSA) is 141 Å². The molecule has 0 saturated heterocycles. The van der Waals surface area contributed by atoms with Crippen molar-refractivity contribution < 1.29 is 81.6 Å². The molecular formula is CH2ClNaO7SZn. The number of halogens is 1. The van der Waals surface area contributed by atoms with Gasteiger partial charge in [-0.25, -0.2) is 0 Å². The summed E-state index contributed by atoms with van der Waals surface area (Å²) in [5, 5.41) is 15.3. The van der Waals surface area contributed by atoms with Crippen LogP contribution < -0.4 is 34.7 Å². The van der Waals surface area contributed by atoms with Crippen molar-refractivity contribution in [3.63, 3.8) is 0 Å². The average molecular weight is 282 g/mol. The Labute approximate surface area is 110 Å². The van der Waals surface area contributed by atoms with Crippen LogP contribution in [0.15, 0.2) is 0 Å². The zero-order valence-electron chi connectivity index (χ0n) is 5.92. The minimum atomic E-state index is -5.17. The van der Waals surface area contributed by atoms with Crippen molar-refractivity contribution in [3.8, 4) is 0 Å². The second kappa shape index (κ2) is 14.6. The van der Waals surface area contributed by atoms with Crippen LogP contribution in [0.25, 0.3) is 0 Å². The zero-order valence-corrected chi connectivity index (χ0v) is 12.5. The van der Waals surface area contributed by atoms with Gasteiger partial charge in [0.25, 0.3) is 0 Å². The molecule has 0 saturated carbocycles. The van der Waals surface area contributed by atoms with E-state index in [2.05, 4.69) is 0 Å². The summed E-state index contributed by atoms with van der Waals surface area (Å²) in [6.45, 7) is 0. The maximum atomic E-state index is 8.52. The third-order valence-electron chi connectivity index (χ3n) is 0. The fourth-order valence-electron chi connectivity index (χ4n) is 0. The van der Waals surface area contributed by atoms with E-state index in [1.54, 1.807) is 0 Å². The van der Waals surface area contributed by atoms with Crippen LogP contribution in [0.5, 0.6) is 0 Å². The minimum absolute atomic E-state index is 0. The van der Waals surface area contributed by atoms with Gasteiger partial charge >= 0.3 is 49.0 Å². The van der Waals surface area contributed by atoms with Gasteiger partial charge in [-0.1, -0.05) is 0 Å². The van der Waals surface area contributed by atoms with Crippen LogP contribution in [0, 0.1) is 0 Å². The van der Waals surface area contributed by atoms with E-state index >= 15 is 0 Å². The molecule has 0 amide bonds. The maximum Gasteiger partial charge on any atom is 2.00 e. The van der Waals surface area contributed by atoms with Crippen molar-refractivity contribution in [3.05, 3.63) is 0 Å². The molecule has 0 atom stereocenters. The molecule has 0 aromatic heterocycles. The molecule has 0 aliphatic rings. The summed E-state index contributed by atoms with van der Waals surface area (Å²) >= 11 is 0. The first kappa shape index (κ1) is 29.2. The fraction of sp³-hybridized carbons (Fsp3) is 0. The number of rotatable bonds is 0. The smallest absolute Gasteiger partial charge is 0.759 e. The molecule has 64 valence electrons. The Morgan fingerprint density at radius 1 is 1.25 bits per heavy atom. The van der Waals surface area contributed by atoms with Gasteiger partial charge in [0.15, 0.2) is 0 Å². The first-order valence-electron chi connectivity index (χ1n) is 1.30. The molecule has 0 fully saturated rings. The van der Waals surface area contributed by atoms with Gasteiger partial charge in [0.2, 0.25) is 6.16 Å². The third-order valence-corrected chi connectivity index (χ3v) is 0. The Morgan fingerprint density at radius 3 is 1.25 bits per heavy atom. The standard InChI is InChI=1S/CH2O3.ClH.Na.H2O4S.Zn/c2-1(3)4;;;1-5(2,3)4;/h(H2,2,3,4);1H;;(H2,1,2,3,4);/q;;+1;;+2/p-3. The normalized spacial score (nSPS) is 6.83. The third kappa shape index (κ3) is 1010. The Morgan fingerprint density at radius 2 is 1.25 bits per heavy atom. The van der Waals surface area contributed by atoms with Gasteiger partial charge in [-0.05, 0) is 0 Å². The van der Waals surface area contributed by atoms with E-state index in [1.807, 2.05) is 0 Å². The first-order valence-corrected chi connectivity index (χ1v) is 2.63. The second-order valence-corrected chi connectivity index (χ2v) is 1.49. The largest absolute Gasteiger partial charge is 2.00 e. The van der Waals surface area contributed by atoms with Crippen molar-refractivity contribution in [1.29, 1.82) is 0 Å². The van der Waals surface area contributed by atoms with Crippen molar-refractivity contribution in [2.45, 2.75) is 0 Å². The molecule has 0 unspecified atom stereocenters. The van der Waals surface area contributed by atoms with Gasteiger partial charge in [0.1, 0.15) is 0 Å². The Kier molecular flexibility index (Phi) is 35.5. The SMILES string of the molecule is Cl.O=C([O-])O.O=S(=O)([O-])[O-].[Na+].[Zn+2]. The van der Waals surface area contributed by atoms with E-state index in [-0.39, 0.29) is 61.4 Å². The molecule has 0 aliphatic heterocycles. The van der Waals surface area contributed by atoms with Gasteiger partial charge in [0, 0.05) is 10.4 Å². The van der Waals surface area contributed by atoms with Crippen LogP contribution in [0.1, 0.15) is 0 Å². The van der Waals surface area contributed by atoms with E-state index < -0.39 is 16.6 Å². The molecule has 0 rings (SSSR count). The van der Waals surface area contributed by atoms with Crippen LogP contribution >= 0.6 is 12.4 Å². The van der Waals surface area contributed by atoms with Crippen LogP contribution in [-0.4, -0.2) is 28.8 Å². The first-order chi connectivity index (χ1) is 3.73. The molecule has 0 aromatic rings. The summed E-state index contributed by atoms with van der Waals surface area (Å²) in [5.74, 6) is 0. The number of hydrogen-bond acceptors (Lipinski definition) is 6. The van der Waals surface area contributed by atoms with Crippen LogP contribution in [-0.2, 0) is 29.9 Å². The predicted molar refractivity (Wildman–Crippen MR) is 25.7 cm³/mol. The van der Waals surface area contributed by atoms with Gasteiger partial charge in [-0.2, -0.15) is 0 Å². The van der Waals surface area contributed by atoms with E-state index in [0.29, 0.717) is 0 Å². The quantitative estimate of drug-likeness (QED) is 0.266. The van der Waals surface area contributed by atoms with E-state index in [9.17, 15) is 0 Å². The summed E-state index contributed by atoms with van der Waals surface area (Å²) in [6.07, 6.45) is -2.08. The van der Waals surface area contributed by atoms with Gasteiger partial charge in [0.05, 0.1) is 0 Å². The van der Waals surface area contributed by atoms with Crippen molar-refractivity contribution in [1.82, 2.24) is 0 Å². The van der Waals surface area contributed by atoms with Crippen LogP contribution in [0.2, 0.25) is 0 Å². The molecule has 0 aliphatic carbocycles. The number of carboxylic acid groups (broad SMARTS) is 2. The monoisotopic (exact) mass is 280 g/mol. The minimum Gasteiger partial charge on any atom is -0.759 e. The summed E-state index contributed by atoms with van der Waals surface area (Å²) in [4.78, 5) is 8.44. The number of hydrogen-bond donors (Lipinski definition) is 1. The van der Waals surface area contributed by atoms with Crippen LogP contribution in [0.4, 0.5) is 4.79 Å². The van der Waals surface area contributed by atoms with E-state index in [0.717, 1.165) is 0 Å². The fourth-order valence-corrected chi connectivity index (χ4v) is 0. The molecule has 7 nitrogen and oxygen atoms in total. The van der Waals surface area contributed by atoms with Crippen molar-refractivity contribution >= 4 is 29.0 Å². The van der Waals surface area contributed by atoms with Crippen LogP contribution in [0.3, 0.4) is 0 Å². The summed E-state index contributed by atoms with van der Waals surface area (Å²) in [7, 11) is -5.17. The van der Waals surface area contributed by atoms with Gasteiger partial charge in [-0.15, -0.1) is 12.4 Å².